The van der Waals surface area contributed by atoms with E-state index in [-0.39, 0.29) is 11.9 Å². The molecular weight excluding hydrogens is 246 g/mol. The molecule has 0 unspecified atom stereocenters. The number of halogens is 1. The fourth-order valence-electron chi connectivity index (χ4n) is 2.03. The van der Waals surface area contributed by atoms with Crippen molar-refractivity contribution in [2.24, 2.45) is 0 Å². The minimum absolute atomic E-state index is 0.104. The number of aryl methyl sites for hydroxylation is 2. The lowest BCUT2D eigenvalue weighted by molar-refractivity contribution is 0.0705. The minimum atomic E-state index is 0.104. The van der Waals surface area contributed by atoms with Crippen LogP contribution in [0.3, 0.4) is 0 Å². The lowest BCUT2D eigenvalue weighted by Gasteiger charge is -2.27. The highest BCUT2D eigenvalue weighted by atomic mass is 35.5. The zero-order valence-corrected chi connectivity index (χ0v) is 12.4. The number of hydrogen-bond donors (Lipinski definition) is 0. The van der Waals surface area contributed by atoms with E-state index in [4.69, 9.17) is 11.6 Å². The SMILES string of the molecule is Cc1ccc(C(=O)N(CCCCl)C(C)C)c(C)c1. The third-order valence-electron chi connectivity index (χ3n) is 3.03. The Morgan fingerprint density at radius 2 is 2.00 bits per heavy atom. The number of nitrogens with zero attached hydrogens (tertiary/aromatic N) is 1. The maximum atomic E-state index is 12.5. The Kier molecular flexibility index (Phi) is 5.67. The summed E-state index contributed by atoms with van der Waals surface area (Å²) < 4.78 is 0. The van der Waals surface area contributed by atoms with Crippen LogP contribution in [0.4, 0.5) is 0 Å². The van der Waals surface area contributed by atoms with Crippen molar-refractivity contribution in [1.82, 2.24) is 4.90 Å². The number of alkyl halides is 1. The van der Waals surface area contributed by atoms with E-state index < -0.39 is 0 Å². The Balaban J connectivity index is 2.94. The van der Waals surface area contributed by atoms with Gasteiger partial charge < -0.3 is 4.90 Å². The Hall–Kier alpha value is -1.02. The second-order valence-corrected chi connectivity index (χ2v) is 5.33. The van der Waals surface area contributed by atoms with Gasteiger partial charge in [-0.2, -0.15) is 0 Å². The molecule has 3 heteroatoms. The summed E-state index contributed by atoms with van der Waals surface area (Å²) in [5.74, 6) is 0.691. The predicted molar refractivity (Wildman–Crippen MR) is 77.4 cm³/mol. The van der Waals surface area contributed by atoms with Crippen molar-refractivity contribution in [3.8, 4) is 0 Å². The Bertz CT molecular complexity index is 415. The molecule has 1 amide bonds. The van der Waals surface area contributed by atoms with Crippen LogP contribution in [0.2, 0.25) is 0 Å². The molecule has 0 spiro atoms. The van der Waals surface area contributed by atoms with Crippen molar-refractivity contribution >= 4 is 17.5 Å². The zero-order valence-electron chi connectivity index (χ0n) is 11.7. The first-order valence-corrected chi connectivity index (χ1v) is 6.95. The molecular formula is C15H22ClNO. The van der Waals surface area contributed by atoms with Crippen molar-refractivity contribution < 1.29 is 4.79 Å². The Morgan fingerprint density at radius 1 is 1.33 bits per heavy atom. The van der Waals surface area contributed by atoms with Crippen LogP contribution in [0.25, 0.3) is 0 Å². The van der Waals surface area contributed by atoms with Gasteiger partial charge in [0.05, 0.1) is 0 Å². The summed E-state index contributed by atoms with van der Waals surface area (Å²) >= 11 is 5.72. The van der Waals surface area contributed by atoms with Crippen LogP contribution >= 0.6 is 11.6 Å². The van der Waals surface area contributed by atoms with Crippen molar-refractivity contribution in [3.05, 3.63) is 34.9 Å². The van der Waals surface area contributed by atoms with Gasteiger partial charge in [-0.25, -0.2) is 0 Å². The first kappa shape index (κ1) is 15.0. The predicted octanol–water partition coefficient (Wildman–Crippen LogP) is 3.78. The molecule has 0 fully saturated rings. The van der Waals surface area contributed by atoms with Crippen molar-refractivity contribution in [2.75, 3.05) is 12.4 Å². The average Bonchev–Trinajstić information content (AvgIpc) is 2.28. The maximum Gasteiger partial charge on any atom is 0.254 e. The van der Waals surface area contributed by atoms with E-state index in [1.165, 1.54) is 5.56 Å². The fourth-order valence-corrected chi connectivity index (χ4v) is 2.15. The van der Waals surface area contributed by atoms with Gasteiger partial charge in [-0.1, -0.05) is 17.7 Å². The fraction of sp³-hybridized carbons (Fsp3) is 0.533. The first-order valence-electron chi connectivity index (χ1n) is 6.41. The van der Waals surface area contributed by atoms with Crippen molar-refractivity contribution in [3.63, 3.8) is 0 Å². The normalized spacial score (nSPS) is 10.8. The number of carbonyl (C=O) groups is 1. The minimum Gasteiger partial charge on any atom is -0.336 e. The zero-order chi connectivity index (χ0) is 13.7. The summed E-state index contributed by atoms with van der Waals surface area (Å²) in [5, 5.41) is 0. The summed E-state index contributed by atoms with van der Waals surface area (Å²) in [6.07, 6.45) is 0.830. The second kappa shape index (κ2) is 6.79. The molecule has 0 radical (unpaired) electrons. The van der Waals surface area contributed by atoms with E-state index >= 15 is 0 Å². The molecule has 0 aliphatic rings. The molecule has 0 aromatic heterocycles. The van der Waals surface area contributed by atoms with Gasteiger partial charge in [0.2, 0.25) is 0 Å². The van der Waals surface area contributed by atoms with Crippen LogP contribution in [0, 0.1) is 13.8 Å². The molecule has 0 saturated heterocycles. The molecule has 100 valence electrons. The molecule has 0 atom stereocenters. The Labute approximate surface area is 115 Å². The van der Waals surface area contributed by atoms with E-state index in [9.17, 15) is 4.79 Å². The third kappa shape index (κ3) is 3.74. The lowest BCUT2D eigenvalue weighted by Crippen LogP contribution is -2.38. The van der Waals surface area contributed by atoms with Crippen LogP contribution in [-0.2, 0) is 0 Å². The standard InChI is InChI=1S/C15H22ClNO/c1-11(2)17(9-5-8-16)15(18)14-7-6-12(3)10-13(14)4/h6-7,10-11H,5,8-9H2,1-4H3. The van der Waals surface area contributed by atoms with Crippen LogP contribution in [0.1, 0.15) is 41.8 Å². The number of rotatable bonds is 5. The third-order valence-corrected chi connectivity index (χ3v) is 3.30. The molecule has 1 aromatic carbocycles. The molecule has 0 aliphatic carbocycles. The van der Waals surface area contributed by atoms with Gasteiger partial charge in [-0.3, -0.25) is 4.79 Å². The second-order valence-electron chi connectivity index (χ2n) is 4.95. The van der Waals surface area contributed by atoms with E-state index in [2.05, 4.69) is 0 Å². The topological polar surface area (TPSA) is 20.3 Å². The van der Waals surface area contributed by atoms with Crippen molar-refractivity contribution in [2.45, 2.75) is 40.2 Å². The molecule has 0 heterocycles. The lowest BCUT2D eigenvalue weighted by atomic mass is 10.0. The van der Waals surface area contributed by atoms with Gasteiger partial charge in [0, 0.05) is 24.0 Å². The van der Waals surface area contributed by atoms with E-state index in [0.717, 1.165) is 17.5 Å². The van der Waals surface area contributed by atoms with Gasteiger partial charge in [-0.15, -0.1) is 11.6 Å². The van der Waals surface area contributed by atoms with Gasteiger partial charge >= 0.3 is 0 Å². The monoisotopic (exact) mass is 267 g/mol. The average molecular weight is 268 g/mol. The Morgan fingerprint density at radius 3 is 2.50 bits per heavy atom. The first-order chi connectivity index (χ1) is 8.47. The molecule has 2 nitrogen and oxygen atoms in total. The van der Waals surface area contributed by atoms with E-state index in [1.54, 1.807) is 0 Å². The van der Waals surface area contributed by atoms with Crippen LogP contribution in [0.5, 0.6) is 0 Å². The molecule has 0 bridgehead atoms. The molecule has 0 N–H and O–H groups in total. The summed E-state index contributed by atoms with van der Waals surface area (Å²) in [6.45, 7) is 8.81. The van der Waals surface area contributed by atoms with Gasteiger partial charge in [0.15, 0.2) is 0 Å². The van der Waals surface area contributed by atoms with Crippen LogP contribution in [-0.4, -0.2) is 29.3 Å². The summed E-state index contributed by atoms with van der Waals surface area (Å²) in [7, 11) is 0. The highest BCUT2D eigenvalue weighted by molar-refractivity contribution is 6.17. The number of hydrogen-bond acceptors (Lipinski definition) is 1. The maximum absolute atomic E-state index is 12.5. The van der Waals surface area contributed by atoms with Gasteiger partial charge in [0.25, 0.3) is 5.91 Å². The molecule has 0 saturated carbocycles. The molecule has 0 aliphatic heterocycles. The van der Waals surface area contributed by atoms with Gasteiger partial charge in [0.1, 0.15) is 0 Å². The largest absolute Gasteiger partial charge is 0.336 e. The van der Waals surface area contributed by atoms with Crippen LogP contribution < -0.4 is 0 Å². The van der Waals surface area contributed by atoms with E-state index in [1.807, 2.05) is 50.8 Å². The van der Waals surface area contributed by atoms with Crippen molar-refractivity contribution in [1.29, 1.82) is 0 Å². The van der Waals surface area contributed by atoms with E-state index in [0.29, 0.717) is 12.4 Å². The number of benzene rings is 1. The quantitative estimate of drug-likeness (QED) is 0.744. The molecule has 18 heavy (non-hydrogen) atoms. The summed E-state index contributed by atoms with van der Waals surface area (Å²) in [5.41, 5.74) is 3.02. The number of carbonyl (C=O) groups excluding carboxylic acids is 1. The molecule has 1 rings (SSSR count). The summed E-state index contributed by atoms with van der Waals surface area (Å²) in [4.78, 5) is 14.4. The highest BCUT2D eigenvalue weighted by Gasteiger charge is 2.19. The summed E-state index contributed by atoms with van der Waals surface area (Å²) in [6, 6.07) is 6.15. The smallest absolute Gasteiger partial charge is 0.254 e. The van der Waals surface area contributed by atoms with Gasteiger partial charge in [-0.05, 0) is 45.7 Å². The number of amides is 1. The highest BCUT2D eigenvalue weighted by Crippen LogP contribution is 2.15. The molecule has 1 aromatic rings. The van der Waals surface area contributed by atoms with Crippen LogP contribution in [0.15, 0.2) is 18.2 Å².